The summed E-state index contributed by atoms with van der Waals surface area (Å²) in [5.74, 6) is 1.48. The van der Waals surface area contributed by atoms with E-state index in [1.807, 2.05) is 0 Å². The van der Waals surface area contributed by atoms with Gasteiger partial charge in [0.25, 0.3) is 0 Å². The lowest BCUT2D eigenvalue weighted by molar-refractivity contribution is 0.194. The molecule has 2 aliphatic rings. The lowest BCUT2D eigenvalue weighted by Crippen LogP contribution is -2.34. The van der Waals surface area contributed by atoms with Crippen molar-refractivity contribution in [3.8, 4) is 6.07 Å². The second kappa shape index (κ2) is 5.60. The molecule has 1 aromatic heterocycles. The van der Waals surface area contributed by atoms with Gasteiger partial charge in [-0.1, -0.05) is 6.92 Å². The van der Waals surface area contributed by atoms with E-state index in [9.17, 15) is 0 Å². The average molecular weight is 275 g/mol. The van der Waals surface area contributed by atoms with Crippen LogP contribution in [0.25, 0.3) is 0 Å². The highest BCUT2D eigenvalue weighted by atomic mass is 32.1. The highest BCUT2D eigenvalue weighted by molar-refractivity contribution is 7.12. The molecule has 19 heavy (non-hydrogen) atoms. The molecule has 4 heteroatoms. The molecule has 0 atom stereocenters. The summed E-state index contributed by atoms with van der Waals surface area (Å²) in [4.78, 5) is 8.12. The van der Waals surface area contributed by atoms with Crippen LogP contribution >= 0.6 is 11.3 Å². The van der Waals surface area contributed by atoms with Crippen molar-refractivity contribution in [2.24, 2.45) is 5.92 Å². The van der Waals surface area contributed by atoms with Crippen LogP contribution in [0.4, 0.5) is 0 Å². The number of hydrogen-bond acceptors (Lipinski definition) is 4. The molecule has 0 amide bonds. The van der Waals surface area contributed by atoms with Crippen LogP contribution < -0.4 is 0 Å². The number of hydrogen-bond donors (Lipinski definition) is 0. The summed E-state index contributed by atoms with van der Waals surface area (Å²) < 4.78 is 0. The number of likely N-dealkylation sites (tertiary alicyclic amines) is 1. The van der Waals surface area contributed by atoms with Crippen molar-refractivity contribution in [2.45, 2.75) is 44.9 Å². The topological polar surface area (TPSA) is 39.9 Å². The van der Waals surface area contributed by atoms with E-state index in [-0.39, 0.29) is 0 Å². The van der Waals surface area contributed by atoms with Crippen molar-refractivity contribution in [3.05, 3.63) is 15.6 Å². The van der Waals surface area contributed by atoms with Crippen molar-refractivity contribution in [2.75, 3.05) is 19.6 Å². The molecule has 1 saturated heterocycles. The third-order valence-corrected chi connectivity index (χ3v) is 5.32. The Hall–Kier alpha value is -0.920. The Bertz CT molecular complexity index is 476. The van der Waals surface area contributed by atoms with E-state index in [0.717, 1.165) is 34.5 Å². The van der Waals surface area contributed by atoms with Gasteiger partial charge in [0.15, 0.2) is 0 Å². The first kappa shape index (κ1) is 13.1. The number of piperidine rings is 1. The first-order chi connectivity index (χ1) is 9.26. The fourth-order valence-corrected chi connectivity index (χ4v) is 3.67. The summed E-state index contributed by atoms with van der Waals surface area (Å²) in [5.41, 5.74) is 1.09. The van der Waals surface area contributed by atoms with E-state index >= 15 is 0 Å². The fraction of sp³-hybridized carbons (Fsp3) is 0.733. The molecule has 3 nitrogen and oxygen atoms in total. The minimum atomic E-state index is 0.593. The summed E-state index contributed by atoms with van der Waals surface area (Å²) in [6, 6.07) is 2.32. The van der Waals surface area contributed by atoms with Crippen LogP contribution in [-0.2, 0) is 6.42 Å². The van der Waals surface area contributed by atoms with Crippen molar-refractivity contribution < 1.29 is 0 Å². The quantitative estimate of drug-likeness (QED) is 0.847. The Morgan fingerprint density at radius 1 is 1.32 bits per heavy atom. The summed E-state index contributed by atoms with van der Waals surface area (Å²) in [7, 11) is 0. The molecule has 3 rings (SSSR count). The number of thiazole rings is 1. The molecule has 0 spiro atoms. The molecular weight excluding hydrogens is 254 g/mol. The van der Waals surface area contributed by atoms with Gasteiger partial charge in [0.2, 0.25) is 0 Å². The average Bonchev–Trinajstić information content (AvgIpc) is 3.19. The van der Waals surface area contributed by atoms with Crippen molar-refractivity contribution in [3.63, 3.8) is 0 Å². The van der Waals surface area contributed by atoms with Crippen LogP contribution in [-0.4, -0.2) is 29.5 Å². The normalized spacial score (nSPS) is 21.5. The third kappa shape index (κ3) is 3.16. The second-order valence-corrected chi connectivity index (χ2v) is 7.07. The van der Waals surface area contributed by atoms with Crippen LogP contribution in [0.2, 0.25) is 0 Å². The van der Waals surface area contributed by atoms with E-state index in [1.165, 1.54) is 38.8 Å². The van der Waals surface area contributed by atoms with Gasteiger partial charge in [-0.25, -0.2) is 4.98 Å². The smallest absolute Gasteiger partial charge is 0.128 e. The number of nitriles is 1. The molecule has 2 fully saturated rings. The highest BCUT2D eigenvalue weighted by Gasteiger charge is 2.29. The summed E-state index contributed by atoms with van der Waals surface area (Å²) >= 11 is 1.62. The Morgan fingerprint density at radius 3 is 2.68 bits per heavy atom. The van der Waals surface area contributed by atoms with Gasteiger partial charge in [-0.2, -0.15) is 5.26 Å². The van der Waals surface area contributed by atoms with Crippen LogP contribution in [0, 0.1) is 17.2 Å². The Balaban J connectivity index is 1.56. The molecule has 102 valence electrons. The summed E-state index contributed by atoms with van der Waals surface area (Å²) in [6.07, 6.45) is 6.12. The van der Waals surface area contributed by atoms with Gasteiger partial charge >= 0.3 is 0 Å². The molecule has 1 aromatic rings. The standard InChI is InChI=1S/C15H21N3S/c1-11-4-7-18(8-5-11)9-6-14-17-15(12-2-3-12)13(10-16)19-14/h11-12H,2-9H2,1H3. The lowest BCUT2D eigenvalue weighted by atomic mass is 9.99. The second-order valence-electron chi connectivity index (χ2n) is 5.98. The zero-order valence-corrected chi connectivity index (χ0v) is 12.4. The van der Waals surface area contributed by atoms with E-state index in [0.29, 0.717) is 5.92 Å². The molecule has 1 aliphatic heterocycles. The van der Waals surface area contributed by atoms with Gasteiger partial charge in [-0.05, 0) is 44.7 Å². The Morgan fingerprint density at radius 2 is 2.05 bits per heavy atom. The summed E-state index contributed by atoms with van der Waals surface area (Å²) in [6.45, 7) is 5.91. The van der Waals surface area contributed by atoms with E-state index in [2.05, 4.69) is 17.9 Å². The molecule has 0 N–H and O–H groups in total. The highest BCUT2D eigenvalue weighted by Crippen LogP contribution is 2.42. The first-order valence-corrected chi connectivity index (χ1v) is 8.20. The maximum absolute atomic E-state index is 9.16. The SMILES string of the molecule is CC1CCN(CCc2nc(C3CC3)c(C#N)s2)CC1. The zero-order valence-electron chi connectivity index (χ0n) is 11.6. The predicted octanol–water partition coefficient (Wildman–Crippen LogP) is 3.17. The van der Waals surface area contributed by atoms with Crippen LogP contribution in [0.5, 0.6) is 0 Å². The molecule has 0 radical (unpaired) electrons. The zero-order chi connectivity index (χ0) is 13.2. The molecule has 1 aliphatic carbocycles. The minimum Gasteiger partial charge on any atom is -0.303 e. The van der Waals surface area contributed by atoms with E-state index < -0.39 is 0 Å². The van der Waals surface area contributed by atoms with E-state index in [1.54, 1.807) is 11.3 Å². The molecule has 2 heterocycles. The van der Waals surface area contributed by atoms with E-state index in [4.69, 9.17) is 10.2 Å². The maximum atomic E-state index is 9.16. The van der Waals surface area contributed by atoms with Gasteiger partial charge < -0.3 is 4.90 Å². The predicted molar refractivity (Wildman–Crippen MR) is 77.3 cm³/mol. The van der Waals surface area contributed by atoms with Crippen molar-refractivity contribution in [1.29, 1.82) is 5.26 Å². The van der Waals surface area contributed by atoms with Crippen LogP contribution in [0.3, 0.4) is 0 Å². The van der Waals surface area contributed by atoms with Gasteiger partial charge in [0.1, 0.15) is 10.9 Å². The molecule has 0 bridgehead atoms. The molecular formula is C15H21N3S. The van der Waals surface area contributed by atoms with Gasteiger partial charge in [0, 0.05) is 18.9 Å². The summed E-state index contributed by atoms with van der Waals surface area (Å²) in [5, 5.41) is 10.3. The largest absolute Gasteiger partial charge is 0.303 e. The van der Waals surface area contributed by atoms with Crippen LogP contribution in [0.15, 0.2) is 0 Å². The third-order valence-electron chi connectivity index (χ3n) is 4.28. The number of rotatable bonds is 4. The molecule has 0 aromatic carbocycles. The first-order valence-electron chi connectivity index (χ1n) is 7.38. The monoisotopic (exact) mass is 275 g/mol. The van der Waals surface area contributed by atoms with Crippen molar-refractivity contribution in [1.82, 2.24) is 9.88 Å². The van der Waals surface area contributed by atoms with Crippen LogP contribution in [0.1, 0.15) is 54.1 Å². The molecule has 1 saturated carbocycles. The van der Waals surface area contributed by atoms with Crippen molar-refractivity contribution >= 4 is 11.3 Å². The number of nitrogens with zero attached hydrogens (tertiary/aromatic N) is 3. The lowest BCUT2D eigenvalue weighted by Gasteiger charge is -2.29. The van der Waals surface area contributed by atoms with Gasteiger partial charge in [0.05, 0.1) is 10.7 Å². The molecule has 0 unspecified atom stereocenters. The Labute approximate surface area is 119 Å². The fourth-order valence-electron chi connectivity index (χ4n) is 2.74. The van der Waals surface area contributed by atoms with Gasteiger partial charge in [-0.3, -0.25) is 0 Å². The van der Waals surface area contributed by atoms with Gasteiger partial charge in [-0.15, -0.1) is 11.3 Å². The maximum Gasteiger partial charge on any atom is 0.128 e. The Kier molecular flexibility index (Phi) is 3.86. The number of aromatic nitrogens is 1. The minimum absolute atomic E-state index is 0.593.